The number of rotatable bonds is 4. The summed E-state index contributed by atoms with van der Waals surface area (Å²) >= 11 is 1.76. The number of halogens is 2. The minimum atomic E-state index is -2.58. The predicted molar refractivity (Wildman–Crippen MR) is 103 cm³/mol. The molecule has 1 aliphatic carbocycles. The van der Waals surface area contributed by atoms with Gasteiger partial charge in [0.1, 0.15) is 23.4 Å². The van der Waals surface area contributed by atoms with E-state index in [9.17, 15) is 8.78 Å². The minimum Gasteiger partial charge on any atom is -0.262 e. The van der Waals surface area contributed by atoms with Crippen molar-refractivity contribution in [3.8, 4) is 0 Å². The summed E-state index contributed by atoms with van der Waals surface area (Å²) in [6, 6.07) is 1.40. The Morgan fingerprint density at radius 3 is 2.93 bits per heavy atom. The van der Waals surface area contributed by atoms with E-state index in [2.05, 4.69) is 22.1 Å². The van der Waals surface area contributed by atoms with Crippen molar-refractivity contribution in [2.75, 3.05) is 0 Å². The summed E-state index contributed by atoms with van der Waals surface area (Å²) in [7, 11) is 0. The second-order valence-corrected chi connectivity index (χ2v) is 8.49. The van der Waals surface area contributed by atoms with Crippen molar-refractivity contribution in [1.29, 1.82) is 0 Å². The molecule has 4 aromatic rings. The van der Waals surface area contributed by atoms with Crippen molar-refractivity contribution in [2.45, 2.75) is 52.5 Å². The Hall–Kier alpha value is -2.42. The number of aryl methyl sites for hydroxylation is 2. The highest BCUT2D eigenvalue weighted by Crippen LogP contribution is 2.39. The zero-order valence-corrected chi connectivity index (χ0v) is 16.5. The van der Waals surface area contributed by atoms with Crippen molar-refractivity contribution in [2.24, 2.45) is 5.92 Å². The number of hydrogen-bond donors (Lipinski definition) is 0. The van der Waals surface area contributed by atoms with Gasteiger partial charge in [0.05, 0.1) is 5.39 Å². The number of nitrogens with zero attached hydrogens (tertiary/aromatic N) is 6. The summed E-state index contributed by atoms with van der Waals surface area (Å²) in [4.78, 5) is 11.7. The Labute approximate surface area is 164 Å². The zero-order chi connectivity index (χ0) is 19.4. The third-order valence-electron chi connectivity index (χ3n) is 5.62. The van der Waals surface area contributed by atoms with Crippen LogP contribution in [0, 0.1) is 12.8 Å². The van der Waals surface area contributed by atoms with E-state index in [1.807, 2.05) is 0 Å². The molecule has 0 saturated carbocycles. The Kier molecular flexibility index (Phi) is 4.15. The molecule has 9 heteroatoms. The molecule has 4 aromatic heterocycles. The average Bonchev–Trinajstić information content (AvgIpc) is 3.35. The van der Waals surface area contributed by atoms with Crippen LogP contribution in [0.2, 0.25) is 0 Å². The monoisotopic (exact) mass is 402 g/mol. The molecule has 5 rings (SSSR count). The summed E-state index contributed by atoms with van der Waals surface area (Å²) in [6.07, 6.45) is 3.67. The highest BCUT2D eigenvalue weighted by molar-refractivity contribution is 7.19. The van der Waals surface area contributed by atoms with Crippen molar-refractivity contribution < 1.29 is 8.78 Å². The van der Waals surface area contributed by atoms with Gasteiger partial charge in [-0.3, -0.25) is 4.68 Å². The van der Waals surface area contributed by atoms with Crippen LogP contribution in [0.5, 0.6) is 0 Å². The van der Waals surface area contributed by atoms with Crippen LogP contribution in [0.15, 0.2) is 12.4 Å². The fourth-order valence-corrected chi connectivity index (χ4v) is 5.33. The first-order chi connectivity index (χ1) is 13.5. The molecular weight excluding hydrogens is 382 g/mol. The Morgan fingerprint density at radius 2 is 2.18 bits per heavy atom. The summed E-state index contributed by atoms with van der Waals surface area (Å²) in [5.41, 5.74) is 2.60. The van der Waals surface area contributed by atoms with E-state index in [0.717, 1.165) is 34.6 Å². The van der Waals surface area contributed by atoms with Crippen LogP contribution in [-0.4, -0.2) is 29.4 Å². The molecule has 6 nitrogen and oxygen atoms in total. The molecule has 0 fully saturated rings. The number of aromatic nitrogens is 6. The van der Waals surface area contributed by atoms with Gasteiger partial charge in [0.2, 0.25) is 0 Å². The van der Waals surface area contributed by atoms with Crippen molar-refractivity contribution >= 4 is 27.2 Å². The Bertz CT molecular complexity index is 1170. The maximum atomic E-state index is 12.9. The third-order valence-corrected chi connectivity index (χ3v) is 6.79. The molecule has 1 atom stereocenters. The third kappa shape index (κ3) is 2.80. The van der Waals surface area contributed by atoms with Crippen molar-refractivity contribution in [3.05, 3.63) is 40.0 Å². The molecule has 0 radical (unpaired) electrons. The molecule has 0 aliphatic heterocycles. The molecule has 1 aliphatic rings. The fraction of sp³-hybridized carbons (Fsp3) is 0.474. The van der Waals surface area contributed by atoms with Crippen LogP contribution in [0.1, 0.15) is 53.8 Å². The second-order valence-electron chi connectivity index (χ2n) is 7.41. The summed E-state index contributed by atoms with van der Waals surface area (Å²) in [5.74, 6) is 1.29. The average molecular weight is 402 g/mol. The molecule has 1 unspecified atom stereocenters. The summed E-state index contributed by atoms with van der Waals surface area (Å²) < 4.78 is 29.0. The van der Waals surface area contributed by atoms with Crippen molar-refractivity contribution in [1.82, 2.24) is 29.4 Å². The SMILES string of the molecule is CCC1CCc2c(sc3ncn4nc(Cn5nc(C(F)F)cc5C)nc4c23)C1. The van der Waals surface area contributed by atoms with Gasteiger partial charge in [-0.25, -0.2) is 23.3 Å². The lowest BCUT2D eigenvalue weighted by Crippen LogP contribution is -2.11. The van der Waals surface area contributed by atoms with E-state index in [1.54, 1.807) is 29.1 Å². The van der Waals surface area contributed by atoms with Crippen LogP contribution in [0.25, 0.3) is 15.9 Å². The molecule has 4 heterocycles. The van der Waals surface area contributed by atoms with Crippen LogP contribution in [-0.2, 0) is 19.4 Å². The van der Waals surface area contributed by atoms with Gasteiger partial charge in [-0.1, -0.05) is 13.3 Å². The summed E-state index contributed by atoms with van der Waals surface area (Å²) in [6.45, 7) is 4.26. The van der Waals surface area contributed by atoms with Gasteiger partial charge < -0.3 is 0 Å². The highest BCUT2D eigenvalue weighted by Gasteiger charge is 2.25. The highest BCUT2D eigenvalue weighted by atomic mass is 32.1. The maximum Gasteiger partial charge on any atom is 0.282 e. The molecule has 146 valence electrons. The first-order valence-corrected chi connectivity index (χ1v) is 10.3. The molecule has 0 amide bonds. The second kappa shape index (κ2) is 6.58. The maximum absolute atomic E-state index is 12.9. The molecular formula is C19H20F2N6S. The van der Waals surface area contributed by atoms with E-state index in [0.29, 0.717) is 11.5 Å². The van der Waals surface area contributed by atoms with Crippen LogP contribution >= 0.6 is 11.3 Å². The smallest absolute Gasteiger partial charge is 0.262 e. The molecule has 0 spiro atoms. The van der Waals surface area contributed by atoms with Gasteiger partial charge in [0, 0.05) is 10.6 Å². The van der Waals surface area contributed by atoms with Gasteiger partial charge in [-0.05, 0) is 43.7 Å². The summed E-state index contributed by atoms with van der Waals surface area (Å²) in [5, 5.41) is 9.59. The van der Waals surface area contributed by atoms with E-state index in [4.69, 9.17) is 4.98 Å². The standard InChI is InChI=1S/C19H20F2N6S/c1-3-11-4-5-12-14(7-11)28-19-16(12)18-23-15(25-27(18)9-22-19)8-26-10(2)6-13(24-26)17(20)21/h6,9,11,17H,3-5,7-8H2,1-2H3. The lowest BCUT2D eigenvalue weighted by molar-refractivity contribution is 0.145. The van der Waals surface area contributed by atoms with Gasteiger partial charge in [0.15, 0.2) is 11.5 Å². The largest absolute Gasteiger partial charge is 0.282 e. The number of alkyl halides is 2. The van der Waals surface area contributed by atoms with Crippen LogP contribution in [0.4, 0.5) is 8.78 Å². The van der Waals surface area contributed by atoms with Gasteiger partial charge in [-0.2, -0.15) is 5.10 Å². The van der Waals surface area contributed by atoms with E-state index < -0.39 is 6.43 Å². The molecule has 0 bridgehead atoms. The van der Waals surface area contributed by atoms with Gasteiger partial charge >= 0.3 is 0 Å². The van der Waals surface area contributed by atoms with Crippen LogP contribution < -0.4 is 0 Å². The van der Waals surface area contributed by atoms with Crippen LogP contribution in [0.3, 0.4) is 0 Å². The fourth-order valence-electron chi connectivity index (χ4n) is 4.04. The Morgan fingerprint density at radius 1 is 1.32 bits per heavy atom. The van der Waals surface area contributed by atoms with E-state index >= 15 is 0 Å². The van der Waals surface area contributed by atoms with E-state index in [-0.39, 0.29) is 12.2 Å². The number of hydrogen-bond acceptors (Lipinski definition) is 5. The molecule has 28 heavy (non-hydrogen) atoms. The molecule has 0 aromatic carbocycles. The number of thiophene rings is 1. The topological polar surface area (TPSA) is 60.9 Å². The van der Waals surface area contributed by atoms with Gasteiger partial charge in [0.25, 0.3) is 6.43 Å². The number of fused-ring (bicyclic) bond motifs is 5. The van der Waals surface area contributed by atoms with E-state index in [1.165, 1.54) is 34.0 Å². The first kappa shape index (κ1) is 17.7. The normalized spacial score (nSPS) is 17.1. The minimum absolute atomic E-state index is 0.220. The quantitative estimate of drug-likeness (QED) is 0.509. The van der Waals surface area contributed by atoms with Gasteiger partial charge in [-0.15, -0.1) is 16.4 Å². The lowest BCUT2D eigenvalue weighted by atomic mass is 9.86. The predicted octanol–water partition coefficient (Wildman–Crippen LogP) is 4.34. The zero-order valence-electron chi connectivity index (χ0n) is 15.7. The van der Waals surface area contributed by atoms with Crippen molar-refractivity contribution in [3.63, 3.8) is 0 Å². The lowest BCUT2D eigenvalue weighted by Gasteiger charge is -2.20. The Balaban J connectivity index is 1.56. The first-order valence-electron chi connectivity index (χ1n) is 9.50. The molecule has 0 N–H and O–H groups in total. The molecule has 0 saturated heterocycles.